The number of ether oxygens (including phenoxy) is 2. The standard InChI is InChI=1S/C14H11F3O5S3/c15-14(16,17)25(18,19)22-9-1-3-10(4-2-9)24-11-5-8-23-12(11)13-20-6-7-21-13/h1-5,8,13H,6-7H2. The minimum atomic E-state index is -5.67. The molecule has 1 aromatic heterocycles. The van der Waals surface area contributed by atoms with Crippen molar-refractivity contribution in [3.63, 3.8) is 0 Å². The summed E-state index contributed by atoms with van der Waals surface area (Å²) in [6, 6.07) is 7.17. The Morgan fingerprint density at radius 2 is 1.76 bits per heavy atom. The Kier molecular flexibility index (Phi) is 5.30. The zero-order chi connectivity index (χ0) is 18.1. The van der Waals surface area contributed by atoms with E-state index in [1.165, 1.54) is 47.4 Å². The molecule has 0 N–H and O–H groups in total. The van der Waals surface area contributed by atoms with Crippen molar-refractivity contribution >= 4 is 33.2 Å². The first-order chi connectivity index (χ1) is 11.8. The molecule has 0 spiro atoms. The summed E-state index contributed by atoms with van der Waals surface area (Å²) in [5.41, 5.74) is -5.46. The monoisotopic (exact) mass is 412 g/mol. The first kappa shape index (κ1) is 18.5. The van der Waals surface area contributed by atoms with Gasteiger partial charge in [-0.25, -0.2) is 0 Å². The first-order valence-electron chi connectivity index (χ1n) is 6.85. The van der Waals surface area contributed by atoms with Crippen molar-refractivity contribution in [3.05, 3.63) is 40.6 Å². The Balaban J connectivity index is 1.71. The highest BCUT2D eigenvalue weighted by molar-refractivity contribution is 7.99. The van der Waals surface area contributed by atoms with Gasteiger partial charge in [0, 0.05) is 9.79 Å². The van der Waals surface area contributed by atoms with Gasteiger partial charge in [-0.05, 0) is 35.7 Å². The van der Waals surface area contributed by atoms with Crippen LogP contribution in [0.5, 0.6) is 5.75 Å². The van der Waals surface area contributed by atoms with Crippen LogP contribution in [0.3, 0.4) is 0 Å². The molecule has 1 saturated heterocycles. The smallest absolute Gasteiger partial charge is 0.376 e. The van der Waals surface area contributed by atoms with Gasteiger partial charge in [-0.1, -0.05) is 11.8 Å². The van der Waals surface area contributed by atoms with Crippen LogP contribution >= 0.6 is 23.1 Å². The summed E-state index contributed by atoms with van der Waals surface area (Å²) < 4.78 is 73.8. The minimum Gasteiger partial charge on any atom is -0.376 e. The molecule has 0 unspecified atom stereocenters. The van der Waals surface area contributed by atoms with E-state index < -0.39 is 27.7 Å². The fourth-order valence-corrected chi connectivity index (χ4v) is 4.39. The van der Waals surface area contributed by atoms with Crippen LogP contribution in [0.2, 0.25) is 0 Å². The van der Waals surface area contributed by atoms with E-state index in [0.29, 0.717) is 18.1 Å². The Morgan fingerprint density at radius 3 is 2.36 bits per heavy atom. The van der Waals surface area contributed by atoms with E-state index in [1.807, 2.05) is 11.4 Å². The van der Waals surface area contributed by atoms with E-state index >= 15 is 0 Å². The molecule has 0 amide bonds. The van der Waals surface area contributed by atoms with Gasteiger partial charge in [-0.2, -0.15) is 21.6 Å². The van der Waals surface area contributed by atoms with E-state index in [0.717, 1.165) is 9.77 Å². The SMILES string of the molecule is O=S(=O)(Oc1ccc(Sc2ccsc2C2OCCO2)cc1)C(F)(F)F. The van der Waals surface area contributed by atoms with Crippen LogP contribution in [0.25, 0.3) is 0 Å². The minimum absolute atomic E-state index is 0.408. The fraction of sp³-hybridized carbons (Fsp3) is 0.286. The van der Waals surface area contributed by atoms with Gasteiger partial charge in [0.2, 0.25) is 0 Å². The van der Waals surface area contributed by atoms with E-state index in [9.17, 15) is 21.6 Å². The van der Waals surface area contributed by atoms with Crippen molar-refractivity contribution in [3.8, 4) is 5.75 Å². The van der Waals surface area contributed by atoms with Gasteiger partial charge in [0.05, 0.1) is 18.1 Å². The number of thiophene rings is 1. The van der Waals surface area contributed by atoms with E-state index in [2.05, 4.69) is 4.18 Å². The maximum atomic E-state index is 12.3. The van der Waals surface area contributed by atoms with Crippen molar-refractivity contribution in [1.82, 2.24) is 0 Å². The lowest BCUT2D eigenvalue weighted by Gasteiger charge is -2.11. The lowest BCUT2D eigenvalue weighted by atomic mass is 10.3. The highest BCUT2D eigenvalue weighted by atomic mass is 32.2. The Hall–Kier alpha value is -1.27. The van der Waals surface area contributed by atoms with Gasteiger partial charge < -0.3 is 13.7 Å². The third-order valence-electron chi connectivity index (χ3n) is 3.03. The van der Waals surface area contributed by atoms with Crippen LogP contribution in [0.4, 0.5) is 13.2 Å². The molecule has 1 fully saturated rings. The van der Waals surface area contributed by atoms with Crippen LogP contribution < -0.4 is 4.18 Å². The number of benzene rings is 1. The highest BCUT2D eigenvalue weighted by Crippen LogP contribution is 2.40. The molecule has 136 valence electrons. The number of alkyl halides is 3. The number of halogens is 3. The molecule has 0 radical (unpaired) electrons. The predicted octanol–water partition coefficient (Wildman–Crippen LogP) is 4.17. The fourth-order valence-electron chi connectivity index (χ4n) is 1.94. The molecule has 0 saturated carbocycles. The third-order valence-corrected chi connectivity index (χ3v) is 6.16. The van der Waals surface area contributed by atoms with Gasteiger partial charge in [-0.3, -0.25) is 0 Å². The molecule has 0 atom stereocenters. The Bertz CT molecular complexity index is 824. The van der Waals surface area contributed by atoms with Gasteiger partial charge >= 0.3 is 15.6 Å². The van der Waals surface area contributed by atoms with E-state index in [-0.39, 0.29) is 0 Å². The summed E-state index contributed by atoms with van der Waals surface area (Å²) in [5, 5.41) is 1.89. The van der Waals surface area contributed by atoms with Crippen molar-refractivity contribution in [1.29, 1.82) is 0 Å². The topological polar surface area (TPSA) is 61.8 Å². The normalized spacial score (nSPS) is 16.3. The predicted molar refractivity (Wildman–Crippen MR) is 85.1 cm³/mol. The van der Waals surface area contributed by atoms with Gasteiger partial charge in [0.1, 0.15) is 5.75 Å². The second-order valence-electron chi connectivity index (χ2n) is 4.78. The number of hydrogen-bond donors (Lipinski definition) is 0. The summed E-state index contributed by atoms with van der Waals surface area (Å²) in [7, 11) is -5.67. The molecule has 2 aromatic rings. The quantitative estimate of drug-likeness (QED) is 0.543. The molecule has 2 heterocycles. The highest BCUT2D eigenvalue weighted by Gasteiger charge is 2.48. The Labute approximate surface area is 149 Å². The second-order valence-corrected chi connectivity index (χ2v) is 8.38. The maximum absolute atomic E-state index is 12.3. The summed E-state index contributed by atoms with van der Waals surface area (Å²) in [6.07, 6.45) is -0.415. The van der Waals surface area contributed by atoms with E-state index in [4.69, 9.17) is 9.47 Å². The molecule has 1 aliphatic heterocycles. The van der Waals surface area contributed by atoms with Crippen LogP contribution in [-0.4, -0.2) is 27.1 Å². The van der Waals surface area contributed by atoms with Crippen LogP contribution in [0.15, 0.2) is 45.5 Å². The zero-order valence-corrected chi connectivity index (χ0v) is 14.8. The molecule has 11 heteroatoms. The van der Waals surface area contributed by atoms with Crippen molar-refractivity contribution in [2.45, 2.75) is 21.6 Å². The van der Waals surface area contributed by atoms with Crippen molar-refractivity contribution in [2.24, 2.45) is 0 Å². The summed E-state index contributed by atoms with van der Waals surface area (Å²) in [5.74, 6) is -0.408. The van der Waals surface area contributed by atoms with Crippen LogP contribution in [-0.2, 0) is 19.6 Å². The average Bonchev–Trinajstić information content (AvgIpc) is 3.18. The van der Waals surface area contributed by atoms with Crippen molar-refractivity contribution < 1.29 is 35.2 Å². The maximum Gasteiger partial charge on any atom is 0.534 e. The molecule has 5 nitrogen and oxygen atoms in total. The average molecular weight is 412 g/mol. The Morgan fingerprint density at radius 1 is 1.12 bits per heavy atom. The third kappa shape index (κ3) is 4.29. The molecule has 25 heavy (non-hydrogen) atoms. The lowest BCUT2D eigenvalue weighted by Crippen LogP contribution is -2.27. The summed E-state index contributed by atoms with van der Waals surface area (Å²) >= 11 is 2.84. The van der Waals surface area contributed by atoms with E-state index in [1.54, 1.807) is 0 Å². The lowest BCUT2D eigenvalue weighted by molar-refractivity contribution is -0.0500. The van der Waals surface area contributed by atoms with Crippen LogP contribution in [0, 0.1) is 0 Å². The largest absolute Gasteiger partial charge is 0.534 e. The van der Waals surface area contributed by atoms with Gasteiger partial charge in [0.15, 0.2) is 6.29 Å². The van der Waals surface area contributed by atoms with Crippen molar-refractivity contribution in [2.75, 3.05) is 13.2 Å². The number of rotatable bonds is 5. The zero-order valence-electron chi connectivity index (χ0n) is 12.4. The van der Waals surface area contributed by atoms with Gasteiger partial charge in [-0.15, -0.1) is 11.3 Å². The second kappa shape index (κ2) is 7.16. The molecule has 0 aliphatic carbocycles. The first-order valence-corrected chi connectivity index (χ1v) is 9.96. The number of hydrogen-bond acceptors (Lipinski definition) is 7. The summed E-state index contributed by atoms with van der Waals surface area (Å²) in [4.78, 5) is 2.50. The molecule has 1 aliphatic rings. The molecular weight excluding hydrogens is 401 g/mol. The van der Waals surface area contributed by atoms with Crippen LogP contribution in [0.1, 0.15) is 11.2 Å². The molecule has 1 aromatic carbocycles. The molecule has 3 rings (SSSR count). The summed E-state index contributed by atoms with van der Waals surface area (Å²) in [6.45, 7) is 1.04. The molecular formula is C14H11F3O5S3. The molecule has 0 bridgehead atoms. The van der Waals surface area contributed by atoms with Gasteiger partial charge in [0.25, 0.3) is 0 Å².